The maximum absolute atomic E-state index is 12.6. The first-order chi connectivity index (χ1) is 11.5. The molecular formula is C18H14O7. The lowest BCUT2D eigenvalue weighted by Gasteiger charge is -2.16. The van der Waals surface area contributed by atoms with E-state index in [1.807, 2.05) is 0 Å². The van der Waals surface area contributed by atoms with Crippen LogP contribution in [0.15, 0.2) is 47.6 Å². The number of Topliss-reactive ketones (excluding diaryl/α,β-unsaturated/α-hetero) is 1. The van der Waals surface area contributed by atoms with Crippen LogP contribution in [0.2, 0.25) is 0 Å². The van der Waals surface area contributed by atoms with Gasteiger partial charge in [-0.05, 0) is 0 Å². The van der Waals surface area contributed by atoms with E-state index in [9.17, 15) is 24.0 Å². The fourth-order valence-electron chi connectivity index (χ4n) is 3.18. The molecule has 0 aromatic carbocycles. The second-order valence-corrected chi connectivity index (χ2v) is 5.87. The van der Waals surface area contributed by atoms with Gasteiger partial charge in [-0.15, -0.1) is 0 Å². The maximum Gasteiger partial charge on any atom is 0.321 e. The molecule has 0 bridgehead atoms. The number of carbonyl (C=O) groups excluding carboxylic acids is 5. The lowest BCUT2D eigenvalue weighted by molar-refractivity contribution is -0.155. The zero-order valence-corrected chi connectivity index (χ0v) is 12.1. The minimum atomic E-state index is -0.805. The molecule has 2 fully saturated rings. The molecule has 4 unspecified atom stereocenters. The molecule has 0 amide bonds. The van der Waals surface area contributed by atoms with Crippen molar-refractivity contribution in [3.8, 4) is 0 Å². The molecule has 7 nitrogen and oxygen atoms in total. The van der Waals surface area contributed by atoms with Crippen LogP contribution >= 0.6 is 0 Å². The Labute approximate surface area is 142 Å². The van der Waals surface area contributed by atoms with Crippen molar-refractivity contribution in [1.82, 2.24) is 0 Å². The van der Waals surface area contributed by atoms with E-state index in [2.05, 4.69) is 9.47 Å². The van der Waals surface area contributed by atoms with Crippen LogP contribution in [0.1, 0.15) is 7.43 Å². The standard InChI is InChI=1S/C17H10O7.CH4/c18-13(7-1-3-9-11(5-7)16(21)23-14(9)19)8-2-4-10-12(6-8)17(22)24-15(10)20;/h1-6,9-12H;1H4. The summed E-state index contributed by atoms with van der Waals surface area (Å²) in [4.78, 5) is 58.8. The minimum absolute atomic E-state index is 0. The largest absolute Gasteiger partial charge is 0.392 e. The molecule has 0 N–H and O–H groups in total. The summed E-state index contributed by atoms with van der Waals surface area (Å²) >= 11 is 0. The summed E-state index contributed by atoms with van der Waals surface area (Å²) in [6.45, 7) is 0. The van der Waals surface area contributed by atoms with Crippen LogP contribution in [0.5, 0.6) is 0 Å². The van der Waals surface area contributed by atoms with Gasteiger partial charge in [0.1, 0.15) is 0 Å². The van der Waals surface area contributed by atoms with Crippen LogP contribution < -0.4 is 0 Å². The number of fused-ring (bicyclic) bond motifs is 2. The number of hydrogen-bond donors (Lipinski definition) is 0. The Balaban J connectivity index is 0.00000182. The first-order valence-electron chi connectivity index (χ1n) is 7.31. The van der Waals surface area contributed by atoms with E-state index in [-0.39, 0.29) is 18.6 Å². The smallest absolute Gasteiger partial charge is 0.321 e. The zero-order valence-electron chi connectivity index (χ0n) is 12.1. The third kappa shape index (κ3) is 2.48. The van der Waals surface area contributed by atoms with E-state index in [0.717, 1.165) is 0 Å². The van der Waals surface area contributed by atoms with Gasteiger partial charge in [-0.25, -0.2) is 0 Å². The Bertz CT molecular complexity index is 771. The molecule has 0 saturated carbocycles. The number of ketones is 1. The van der Waals surface area contributed by atoms with Crippen molar-refractivity contribution in [1.29, 1.82) is 0 Å². The van der Waals surface area contributed by atoms with Crippen molar-refractivity contribution in [3.63, 3.8) is 0 Å². The second kappa shape index (κ2) is 5.77. The van der Waals surface area contributed by atoms with Gasteiger partial charge in [-0.2, -0.15) is 0 Å². The molecule has 4 rings (SSSR count). The predicted molar refractivity (Wildman–Crippen MR) is 82.3 cm³/mol. The van der Waals surface area contributed by atoms with E-state index in [4.69, 9.17) is 0 Å². The number of rotatable bonds is 2. The van der Waals surface area contributed by atoms with Crippen LogP contribution in [0.25, 0.3) is 0 Å². The first kappa shape index (κ1) is 16.8. The molecule has 7 heteroatoms. The van der Waals surface area contributed by atoms with E-state index in [0.29, 0.717) is 0 Å². The van der Waals surface area contributed by atoms with E-state index in [1.165, 1.54) is 36.5 Å². The van der Waals surface area contributed by atoms with Crippen molar-refractivity contribution in [3.05, 3.63) is 47.6 Å². The van der Waals surface area contributed by atoms with Crippen molar-refractivity contribution >= 4 is 29.7 Å². The van der Waals surface area contributed by atoms with Gasteiger partial charge in [0.05, 0.1) is 23.7 Å². The summed E-state index contributed by atoms with van der Waals surface area (Å²) in [7, 11) is 0. The molecular weight excluding hydrogens is 328 g/mol. The van der Waals surface area contributed by atoms with Gasteiger partial charge in [0.2, 0.25) is 0 Å². The third-order valence-electron chi connectivity index (χ3n) is 4.47. The molecule has 0 radical (unpaired) electrons. The summed E-state index contributed by atoms with van der Waals surface area (Å²) in [5.74, 6) is -6.03. The van der Waals surface area contributed by atoms with Crippen LogP contribution in [-0.4, -0.2) is 29.7 Å². The fraction of sp³-hybridized carbons (Fsp3) is 0.278. The first-order valence-corrected chi connectivity index (χ1v) is 7.31. The molecule has 25 heavy (non-hydrogen) atoms. The van der Waals surface area contributed by atoms with Gasteiger partial charge in [-0.3, -0.25) is 24.0 Å². The van der Waals surface area contributed by atoms with Gasteiger partial charge >= 0.3 is 23.9 Å². The summed E-state index contributed by atoms with van der Waals surface area (Å²) in [6.07, 6.45) is 8.66. The minimum Gasteiger partial charge on any atom is -0.392 e. The molecule has 2 aliphatic heterocycles. The van der Waals surface area contributed by atoms with Crippen LogP contribution in [0, 0.1) is 23.7 Å². The van der Waals surface area contributed by atoms with Crippen molar-refractivity contribution < 1.29 is 33.4 Å². The Morgan fingerprint density at radius 3 is 1.44 bits per heavy atom. The van der Waals surface area contributed by atoms with Crippen molar-refractivity contribution in [2.45, 2.75) is 7.43 Å². The molecule has 128 valence electrons. The lowest BCUT2D eigenvalue weighted by atomic mass is 9.82. The van der Waals surface area contributed by atoms with Gasteiger partial charge in [0, 0.05) is 11.1 Å². The van der Waals surface area contributed by atoms with Gasteiger partial charge in [-0.1, -0.05) is 43.9 Å². The molecule has 0 aromatic heterocycles. The molecule has 0 spiro atoms. The maximum atomic E-state index is 12.6. The van der Waals surface area contributed by atoms with Gasteiger partial charge < -0.3 is 9.47 Å². The van der Waals surface area contributed by atoms with Gasteiger partial charge in [0.15, 0.2) is 5.78 Å². The zero-order chi connectivity index (χ0) is 17.0. The average Bonchev–Trinajstić information content (AvgIpc) is 3.02. The highest BCUT2D eigenvalue weighted by molar-refractivity contribution is 6.14. The number of allylic oxidation sites excluding steroid dienone is 4. The highest BCUT2D eigenvalue weighted by Crippen LogP contribution is 2.35. The molecule has 2 saturated heterocycles. The number of cyclic esters (lactones) is 4. The summed E-state index contributed by atoms with van der Waals surface area (Å²) in [6, 6.07) is 0. The molecule has 4 aliphatic rings. The molecule has 4 atom stereocenters. The topological polar surface area (TPSA) is 104 Å². The Kier molecular flexibility index (Phi) is 3.87. The number of esters is 4. The fourth-order valence-corrected chi connectivity index (χ4v) is 3.18. The second-order valence-electron chi connectivity index (χ2n) is 5.87. The molecule has 0 aromatic rings. The van der Waals surface area contributed by atoms with Gasteiger partial charge in [0.25, 0.3) is 0 Å². The SMILES string of the molecule is C.O=C(C1=CC2C(=O)OC(=O)C2C=C1)C1=CC2C(=O)OC(=O)C2C=C1. The molecule has 2 heterocycles. The molecule has 2 aliphatic carbocycles. The summed E-state index contributed by atoms with van der Waals surface area (Å²) < 4.78 is 9.10. The Morgan fingerprint density at radius 2 is 1.04 bits per heavy atom. The number of hydrogen-bond acceptors (Lipinski definition) is 7. The predicted octanol–water partition coefficient (Wildman–Crippen LogP) is 0.816. The summed E-state index contributed by atoms with van der Waals surface area (Å²) in [5, 5.41) is 0. The van der Waals surface area contributed by atoms with Crippen LogP contribution in [0.3, 0.4) is 0 Å². The normalized spacial score (nSPS) is 32.2. The Hall–Kier alpha value is -3.09. The highest BCUT2D eigenvalue weighted by Gasteiger charge is 2.45. The number of carbonyl (C=O) groups is 5. The average molecular weight is 342 g/mol. The van der Waals surface area contributed by atoms with E-state index < -0.39 is 53.3 Å². The quantitative estimate of drug-likeness (QED) is 0.540. The third-order valence-corrected chi connectivity index (χ3v) is 4.47. The highest BCUT2D eigenvalue weighted by atomic mass is 16.6. The van der Waals surface area contributed by atoms with Crippen LogP contribution in [0.4, 0.5) is 0 Å². The van der Waals surface area contributed by atoms with E-state index in [1.54, 1.807) is 0 Å². The van der Waals surface area contributed by atoms with Crippen molar-refractivity contribution in [2.75, 3.05) is 0 Å². The number of ether oxygens (including phenoxy) is 2. The van der Waals surface area contributed by atoms with E-state index >= 15 is 0 Å². The van der Waals surface area contributed by atoms with Crippen LogP contribution in [-0.2, 0) is 33.4 Å². The van der Waals surface area contributed by atoms with Crippen molar-refractivity contribution in [2.24, 2.45) is 23.7 Å². The Morgan fingerprint density at radius 1 is 0.680 bits per heavy atom. The summed E-state index contributed by atoms with van der Waals surface area (Å²) in [5.41, 5.74) is 0.463. The lowest BCUT2D eigenvalue weighted by Crippen LogP contribution is -2.22. The monoisotopic (exact) mass is 342 g/mol.